The van der Waals surface area contributed by atoms with E-state index in [2.05, 4.69) is 5.32 Å². The van der Waals surface area contributed by atoms with Crippen LogP contribution in [-0.4, -0.2) is 36.4 Å². The van der Waals surface area contributed by atoms with Gasteiger partial charge in [0.2, 0.25) is 0 Å². The Morgan fingerprint density at radius 3 is 2.03 bits per heavy atom. The van der Waals surface area contributed by atoms with Crippen molar-refractivity contribution in [2.45, 2.75) is 39.0 Å². The molecule has 2 atom stereocenters. The van der Waals surface area contributed by atoms with E-state index in [1.54, 1.807) is 24.3 Å². The van der Waals surface area contributed by atoms with Crippen molar-refractivity contribution in [1.29, 1.82) is 0 Å². The maximum Gasteiger partial charge on any atom is 0.303 e. The Bertz CT molecular complexity index is 1100. The number of ether oxygens (including phenoxy) is 3. The molecule has 0 aliphatic rings. The monoisotopic (exact) mass is 475 g/mol. The Morgan fingerprint density at radius 1 is 0.800 bits per heavy atom. The highest BCUT2D eigenvalue weighted by molar-refractivity contribution is 5.92. The van der Waals surface area contributed by atoms with Crippen LogP contribution in [0.5, 0.6) is 11.5 Å². The van der Waals surface area contributed by atoms with E-state index in [0.29, 0.717) is 12.4 Å². The first-order valence-electron chi connectivity index (χ1n) is 11.3. The second-order valence-corrected chi connectivity index (χ2v) is 8.02. The second-order valence-electron chi connectivity index (χ2n) is 8.02. The summed E-state index contributed by atoms with van der Waals surface area (Å²) in [5.74, 6) is 0.00974. The zero-order valence-corrected chi connectivity index (χ0v) is 19.8. The summed E-state index contributed by atoms with van der Waals surface area (Å²) >= 11 is 0. The highest BCUT2D eigenvalue weighted by Crippen LogP contribution is 2.21. The first-order valence-corrected chi connectivity index (χ1v) is 11.3. The molecule has 0 spiro atoms. The number of carbonyl (C=O) groups excluding carboxylic acids is 3. The number of hydrogen-bond acceptors (Lipinski definition) is 6. The molecule has 1 amide bonds. The molecular formula is C28H29NO6. The first kappa shape index (κ1) is 25.6. The Labute approximate surface area is 205 Å². The fourth-order valence-corrected chi connectivity index (χ4v) is 3.30. The van der Waals surface area contributed by atoms with Gasteiger partial charge in [0.15, 0.2) is 11.9 Å². The van der Waals surface area contributed by atoms with E-state index in [9.17, 15) is 14.4 Å². The largest absolute Gasteiger partial charge is 0.457 e. The topological polar surface area (TPSA) is 90.9 Å². The molecule has 7 nitrogen and oxygen atoms in total. The summed E-state index contributed by atoms with van der Waals surface area (Å²) in [6.45, 7) is 2.96. The van der Waals surface area contributed by atoms with Gasteiger partial charge in [-0.15, -0.1) is 0 Å². The predicted octanol–water partition coefficient (Wildman–Crippen LogP) is 4.24. The van der Waals surface area contributed by atoms with Crippen LogP contribution in [-0.2, 0) is 36.9 Å². The van der Waals surface area contributed by atoms with Crippen molar-refractivity contribution in [3.05, 3.63) is 96.1 Å². The van der Waals surface area contributed by atoms with Crippen LogP contribution in [0.1, 0.15) is 25.0 Å². The van der Waals surface area contributed by atoms with Crippen LogP contribution < -0.4 is 10.1 Å². The maximum absolute atomic E-state index is 13.1. The Balaban J connectivity index is 1.62. The Kier molecular flexibility index (Phi) is 9.57. The van der Waals surface area contributed by atoms with E-state index in [0.717, 1.165) is 16.9 Å². The molecule has 1 unspecified atom stereocenters. The van der Waals surface area contributed by atoms with Gasteiger partial charge >= 0.3 is 5.97 Å². The van der Waals surface area contributed by atoms with Crippen LogP contribution in [0.2, 0.25) is 0 Å². The zero-order chi connectivity index (χ0) is 25.0. The molecule has 35 heavy (non-hydrogen) atoms. The van der Waals surface area contributed by atoms with Gasteiger partial charge in [-0.25, -0.2) is 0 Å². The van der Waals surface area contributed by atoms with Crippen molar-refractivity contribution in [3.8, 4) is 11.5 Å². The number of rotatable bonds is 12. The van der Waals surface area contributed by atoms with Crippen molar-refractivity contribution < 1.29 is 28.6 Å². The molecule has 0 radical (unpaired) electrons. The molecule has 0 saturated carbocycles. The predicted molar refractivity (Wildman–Crippen MR) is 131 cm³/mol. The van der Waals surface area contributed by atoms with Gasteiger partial charge in [0.1, 0.15) is 17.5 Å². The molecule has 0 aromatic heterocycles. The minimum atomic E-state index is -1.02. The SMILES string of the molecule is CC(=O)O[C@@H](C)C(=O)NC(COCc1ccccc1)C(=O)Cc1ccc(Oc2ccccc2)cc1. The molecule has 3 aromatic carbocycles. The number of nitrogens with one attached hydrogen (secondary N) is 1. The number of para-hydroxylation sites is 1. The van der Waals surface area contributed by atoms with Crippen molar-refractivity contribution in [3.63, 3.8) is 0 Å². The first-order chi connectivity index (χ1) is 16.9. The molecule has 3 rings (SSSR count). The van der Waals surface area contributed by atoms with Gasteiger partial charge in [0.25, 0.3) is 5.91 Å². The molecule has 0 aliphatic heterocycles. The van der Waals surface area contributed by atoms with Crippen LogP contribution in [0.3, 0.4) is 0 Å². The summed E-state index contributed by atoms with van der Waals surface area (Å²) in [4.78, 5) is 36.7. The summed E-state index contributed by atoms with van der Waals surface area (Å²) in [7, 11) is 0. The standard InChI is InChI=1S/C28H29NO6/c1-20(34-21(2)30)28(32)29-26(19-33-18-23-9-5-3-6-10-23)27(31)17-22-13-15-25(16-14-22)35-24-11-7-4-8-12-24/h3-16,20,26H,17-19H2,1-2H3,(H,29,32)/t20-,26?/m0/s1. The maximum atomic E-state index is 13.1. The lowest BCUT2D eigenvalue weighted by Crippen LogP contribution is -2.48. The van der Waals surface area contributed by atoms with Gasteiger partial charge in [-0.1, -0.05) is 60.7 Å². The summed E-state index contributed by atoms with van der Waals surface area (Å²) in [5.41, 5.74) is 1.72. The molecule has 0 bridgehead atoms. The number of amides is 1. The average molecular weight is 476 g/mol. The van der Waals surface area contributed by atoms with E-state index < -0.39 is 24.0 Å². The highest BCUT2D eigenvalue weighted by Gasteiger charge is 2.25. The molecule has 7 heteroatoms. The van der Waals surface area contributed by atoms with E-state index in [4.69, 9.17) is 14.2 Å². The van der Waals surface area contributed by atoms with Gasteiger partial charge in [0.05, 0.1) is 13.2 Å². The lowest BCUT2D eigenvalue weighted by atomic mass is 10.0. The second kappa shape index (κ2) is 13.1. The van der Waals surface area contributed by atoms with E-state index in [-0.39, 0.29) is 18.8 Å². The van der Waals surface area contributed by atoms with Crippen LogP contribution in [0.15, 0.2) is 84.9 Å². The van der Waals surface area contributed by atoms with E-state index in [1.807, 2.05) is 60.7 Å². The summed E-state index contributed by atoms with van der Waals surface area (Å²) < 4.78 is 16.4. The van der Waals surface area contributed by atoms with Crippen LogP contribution >= 0.6 is 0 Å². The van der Waals surface area contributed by atoms with Crippen LogP contribution in [0, 0.1) is 0 Å². The average Bonchev–Trinajstić information content (AvgIpc) is 2.85. The summed E-state index contributed by atoms with van der Waals surface area (Å²) in [6.07, 6.45) is -0.931. The molecule has 0 saturated heterocycles. The van der Waals surface area contributed by atoms with Crippen molar-refractivity contribution >= 4 is 17.7 Å². The molecule has 0 heterocycles. The van der Waals surface area contributed by atoms with Gasteiger partial charge in [-0.05, 0) is 42.3 Å². The molecule has 3 aromatic rings. The number of ketones is 1. The molecule has 0 aliphatic carbocycles. The fourth-order valence-electron chi connectivity index (χ4n) is 3.30. The third-order valence-corrected chi connectivity index (χ3v) is 5.09. The Morgan fingerprint density at radius 2 is 1.40 bits per heavy atom. The van der Waals surface area contributed by atoms with Gasteiger partial charge in [0, 0.05) is 13.3 Å². The van der Waals surface area contributed by atoms with Crippen molar-refractivity contribution in [2.75, 3.05) is 6.61 Å². The fraction of sp³-hybridized carbons (Fsp3) is 0.250. The minimum absolute atomic E-state index is 0.0124. The lowest BCUT2D eigenvalue weighted by Gasteiger charge is -2.20. The van der Waals surface area contributed by atoms with Crippen molar-refractivity contribution in [2.24, 2.45) is 0 Å². The Hall–Kier alpha value is -3.97. The normalized spacial score (nSPS) is 12.3. The summed E-state index contributed by atoms with van der Waals surface area (Å²) in [5, 5.41) is 2.66. The molecular weight excluding hydrogens is 446 g/mol. The van der Waals surface area contributed by atoms with Gasteiger partial charge < -0.3 is 19.5 Å². The number of benzene rings is 3. The quantitative estimate of drug-likeness (QED) is 0.394. The number of hydrogen-bond donors (Lipinski definition) is 1. The molecule has 0 fully saturated rings. The molecule has 1 N–H and O–H groups in total. The summed E-state index contributed by atoms with van der Waals surface area (Å²) in [6, 6.07) is 25.2. The smallest absolute Gasteiger partial charge is 0.303 e. The minimum Gasteiger partial charge on any atom is -0.457 e. The van der Waals surface area contributed by atoms with Crippen LogP contribution in [0.4, 0.5) is 0 Å². The third kappa shape index (κ3) is 8.72. The lowest BCUT2D eigenvalue weighted by molar-refractivity contribution is -0.153. The van der Waals surface area contributed by atoms with E-state index >= 15 is 0 Å². The highest BCUT2D eigenvalue weighted by atomic mass is 16.5. The van der Waals surface area contributed by atoms with Crippen molar-refractivity contribution in [1.82, 2.24) is 5.32 Å². The van der Waals surface area contributed by atoms with Crippen LogP contribution in [0.25, 0.3) is 0 Å². The van der Waals surface area contributed by atoms with E-state index in [1.165, 1.54) is 13.8 Å². The number of carbonyl (C=O) groups is 3. The molecule has 182 valence electrons. The number of esters is 1. The zero-order valence-electron chi connectivity index (χ0n) is 19.8. The van der Waals surface area contributed by atoms with Gasteiger partial charge in [-0.2, -0.15) is 0 Å². The number of Topliss-reactive ketones (excluding diaryl/α,β-unsaturated/α-hetero) is 1. The van der Waals surface area contributed by atoms with Gasteiger partial charge in [-0.3, -0.25) is 14.4 Å². The third-order valence-electron chi connectivity index (χ3n) is 5.09.